The van der Waals surface area contributed by atoms with Gasteiger partial charge in [0.05, 0.1) is 5.69 Å². The summed E-state index contributed by atoms with van der Waals surface area (Å²) in [4.78, 5) is 12.3. The summed E-state index contributed by atoms with van der Waals surface area (Å²) in [5.74, 6) is 1.35. The lowest BCUT2D eigenvalue weighted by Gasteiger charge is -2.28. The molecular formula is C16H27N3O. The SMILES string of the molecule is CCCn1cc(N)cc1C(=O)NCC1CCCCC1C. The molecular weight excluding hydrogens is 250 g/mol. The first-order valence-corrected chi connectivity index (χ1v) is 7.85. The largest absolute Gasteiger partial charge is 0.397 e. The molecule has 0 spiro atoms. The van der Waals surface area contributed by atoms with Gasteiger partial charge in [-0.05, 0) is 30.7 Å². The van der Waals surface area contributed by atoms with Crippen LogP contribution >= 0.6 is 0 Å². The predicted octanol–water partition coefficient (Wildman–Crippen LogP) is 3.04. The summed E-state index contributed by atoms with van der Waals surface area (Å²) in [6.45, 7) is 6.02. The fourth-order valence-electron chi connectivity index (χ4n) is 3.16. The maximum atomic E-state index is 12.3. The highest BCUT2D eigenvalue weighted by Gasteiger charge is 2.22. The van der Waals surface area contributed by atoms with Gasteiger partial charge in [0.2, 0.25) is 0 Å². The Balaban J connectivity index is 1.94. The lowest BCUT2D eigenvalue weighted by Crippen LogP contribution is -2.34. The minimum atomic E-state index is 0.00734. The number of aryl methyl sites for hydroxylation is 1. The van der Waals surface area contributed by atoms with E-state index >= 15 is 0 Å². The molecule has 0 saturated heterocycles. The first kappa shape index (κ1) is 14.9. The number of nitrogens with zero attached hydrogens (tertiary/aromatic N) is 1. The van der Waals surface area contributed by atoms with Gasteiger partial charge in [0, 0.05) is 19.3 Å². The quantitative estimate of drug-likeness (QED) is 0.869. The molecule has 0 aromatic carbocycles. The van der Waals surface area contributed by atoms with Gasteiger partial charge in [0.15, 0.2) is 0 Å². The van der Waals surface area contributed by atoms with Crippen LogP contribution in [0.2, 0.25) is 0 Å². The van der Waals surface area contributed by atoms with Gasteiger partial charge in [-0.3, -0.25) is 4.79 Å². The number of amides is 1. The summed E-state index contributed by atoms with van der Waals surface area (Å²) in [6.07, 6.45) is 8.00. The van der Waals surface area contributed by atoms with E-state index in [0.717, 1.165) is 25.4 Å². The number of aromatic nitrogens is 1. The van der Waals surface area contributed by atoms with E-state index in [-0.39, 0.29) is 5.91 Å². The van der Waals surface area contributed by atoms with Crippen molar-refractivity contribution in [3.63, 3.8) is 0 Å². The Morgan fingerprint density at radius 1 is 1.45 bits per heavy atom. The first-order valence-electron chi connectivity index (χ1n) is 7.85. The standard InChI is InChI=1S/C16H27N3O/c1-3-8-19-11-14(17)9-15(19)16(20)18-10-13-7-5-4-6-12(13)2/h9,11-13H,3-8,10,17H2,1-2H3,(H,18,20). The molecule has 2 unspecified atom stereocenters. The van der Waals surface area contributed by atoms with Crippen LogP contribution in [0, 0.1) is 11.8 Å². The van der Waals surface area contributed by atoms with Gasteiger partial charge in [0.1, 0.15) is 5.69 Å². The number of rotatable bonds is 5. The summed E-state index contributed by atoms with van der Waals surface area (Å²) < 4.78 is 1.95. The number of nitrogen functional groups attached to an aromatic ring is 1. The van der Waals surface area contributed by atoms with Gasteiger partial charge in [-0.25, -0.2) is 0 Å². The summed E-state index contributed by atoms with van der Waals surface area (Å²) in [5, 5.41) is 3.10. The van der Waals surface area contributed by atoms with Crippen molar-refractivity contribution in [2.45, 2.75) is 52.5 Å². The Morgan fingerprint density at radius 3 is 2.90 bits per heavy atom. The second-order valence-corrected chi connectivity index (χ2v) is 6.08. The topological polar surface area (TPSA) is 60.0 Å². The average Bonchev–Trinajstić information content (AvgIpc) is 2.79. The van der Waals surface area contributed by atoms with Gasteiger partial charge < -0.3 is 15.6 Å². The zero-order valence-electron chi connectivity index (χ0n) is 12.7. The van der Waals surface area contributed by atoms with E-state index in [1.165, 1.54) is 25.7 Å². The Bertz CT molecular complexity index is 453. The number of hydrogen-bond acceptors (Lipinski definition) is 2. The van der Waals surface area contributed by atoms with Gasteiger partial charge in [-0.15, -0.1) is 0 Å². The highest BCUT2D eigenvalue weighted by Crippen LogP contribution is 2.28. The van der Waals surface area contributed by atoms with Crippen LogP contribution < -0.4 is 11.1 Å². The van der Waals surface area contributed by atoms with E-state index < -0.39 is 0 Å². The maximum absolute atomic E-state index is 12.3. The summed E-state index contributed by atoms with van der Waals surface area (Å²) in [6, 6.07) is 1.77. The Kier molecular flexibility index (Phi) is 5.10. The number of anilines is 1. The third-order valence-electron chi connectivity index (χ3n) is 4.43. The van der Waals surface area contributed by atoms with Crippen LogP contribution in [0.5, 0.6) is 0 Å². The molecule has 1 amide bonds. The van der Waals surface area contributed by atoms with E-state index in [1.54, 1.807) is 6.07 Å². The van der Waals surface area contributed by atoms with Crippen LogP contribution in [0.3, 0.4) is 0 Å². The predicted molar refractivity (Wildman–Crippen MR) is 82.6 cm³/mol. The summed E-state index contributed by atoms with van der Waals surface area (Å²) in [7, 11) is 0. The van der Waals surface area contributed by atoms with Crippen LogP contribution in [0.15, 0.2) is 12.3 Å². The number of carbonyl (C=O) groups excluding carboxylic acids is 1. The zero-order chi connectivity index (χ0) is 14.5. The molecule has 1 aliphatic rings. The minimum Gasteiger partial charge on any atom is -0.397 e. The maximum Gasteiger partial charge on any atom is 0.267 e. The molecule has 2 atom stereocenters. The molecule has 112 valence electrons. The van der Waals surface area contributed by atoms with E-state index in [9.17, 15) is 4.79 Å². The summed E-state index contributed by atoms with van der Waals surface area (Å²) >= 11 is 0. The molecule has 3 N–H and O–H groups in total. The average molecular weight is 277 g/mol. The highest BCUT2D eigenvalue weighted by molar-refractivity contribution is 5.93. The lowest BCUT2D eigenvalue weighted by molar-refractivity contribution is 0.0927. The smallest absolute Gasteiger partial charge is 0.267 e. The van der Waals surface area contributed by atoms with Gasteiger partial charge >= 0.3 is 0 Å². The number of hydrogen-bond donors (Lipinski definition) is 2. The Morgan fingerprint density at radius 2 is 2.20 bits per heavy atom. The van der Waals surface area contributed by atoms with Crippen molar-refractivity contribution in [2.75, 3.05) is 12.3 Å². The van der Waals surface area contributed by atoms with E-state index in [0.29, 0.717) is 17.3 Å². The first-order chi connectivity index (χ1) is 9.61. The van der Waals surface area contributed by atoms with Crippen molar-refractivity contribution in [3.05, 3.63) is 18.0 Å². The molecule has 1 saturated carbocycles. The fourth-order valence-corrected chi connectivity index (χ4v) is 3.16. The van der Waals surface area contributed by atoms with Crippen LogP contribution in [0.25, 0.3) is 0 Å². The molecule has 0 aliphatic heterocycles. The van der Waals surface area contributed by atoms with Crippen LogP contribution in [-0.2, 0) is 6.54 Å². The van der Waals surface area contributed by atoms with Crippen molar-refractivity contribution in [2.24, 2.45) is 11.8 Å². The number of carbonyl (C=O) groups is 1. The van der Waals surface area contributed by atoms with Crippen molar-refractivity contribution in [1.82, 2.24) is 9.88 Å². The number of nitrogens with two attached hydrogens (primary N) is 1. The normalized spacial score (nSPS) is 22.7. The van der Waals surface area contributed by atoms with Crippen LogP contribution in [0.1, 0.15) is 56.4 Å². The lowest BCUT2D eigenvalue weighted by atomic mass is 9.80. The Hall–Kier alpha value is -1.45. The van der Waals surface area contributed by atoms with Crippen molar-refractivity contribution < 1.29 is 4.79 Å². The number of nitrogens with one attached hydrogen (secondary N) is 1. The van der Waals surface area contributed by atoms with Crippen molar-refractivity contribution >= 4 is 11.6 Å². The van der Waals surface area contributed by atoms with Gasteiger partial charge in [0.25, 0.3) is 5.91 Å². The highest BCUT2D eigenvalue weighted by atomic mass is 16.1. The molecule has 1 heterocycles. The van der Waals surface area contributed by atoms with Crippen LogP contribution in [0.4, 0.5) is 5.69 Å². The molecule has 2 rings (SSSR count). The fraction of sp³-hybridized carbons (Fsp3) is 0.688. The van der Waals surface area contributed by atoms with Crippen molar-refractivity contribution in [1.29, 1.82) is 0 Å². The van der Waals surface area contributed by atoms with E-state index in [2.05, 4.69) is 19.2 Å². The second kappa shape index (κ2) is 6.82. The molecule has 1 fully saturated rings. The molecule has 1 aromatic heterocycles. The molecule has 1 aliphatic carbocycles. The molecule has 4 nitrogen and oxygen atoms in total. The Labute approximate surface area is 121 Å². The van der Waals surface area contributed by atoms with E-state index in [4.69, 9.17) is 5.73 Å². The molecule has 4 heteroatoms. The monoisotopic (exact) mass is 277 g/mol. The van der Waals surface area contributed by atoms with E-state index in [1.807, 2.05) is 10.8 Å². The van der Waals surface area contributed by atoms with Crippen molar-refractivity contribution in [3.8, 4) is 0 Å². The second-order valence-electron chi connectivity index (χ2n) is 6.08. The third kappa shape index (κ3) is 3.56. The molecule has 20 heavy (non-hydrogen) atoms. The zero-order valence-corrected chi connectivity index (χ0v) is 12.7. The minimum absolute atomic E-state index is 0.00734. The van der Waals surface area contributed by atoms with Gasteiger partial charge in [-0.1, -0.05) is 33.1 Å². The van der Waals surface area contributed by atoms with Crippen LogP contribution in [-0.4, -0.2) is 17.0 Å². The summed E-state index contributed by atoms with van der Waals surface area (Å²) in [5.41, 5.74) is 7.16. The molecule has 0 bridgehead atoms. The molecule has 0 radical (unpaired) electrons. The third-order valence-corrected chi connectivity index (χ3v) is 4.43. The molecule has 1 aromatic rings. The van der Waals surface area contributed by atoms with Gasteiger partial charge in [-0.2, -0.15) is 0 Å².